The minimum atomic E-state index is 0.578. The van der Waals surface area contributed by atoms with Crippen LogP contribution in [-0.2, 0) is 4.74 Å². The highest BCUT2D eigenvalue weighted by molar-refractivity contribution is 5.04. The lowest BCUT2D eigenvalue weighted by Gasteiger charge is -2.58. The lowest BCUT2D eigenvalue weighted by Crippen LogP contribution is -2.63. The van der Waals surface area contributed by atoms with E-state index in [0.29, 0.717) is 11.5 Å². The minimum Gasteiger partial charge on any atom is -0.381 e. The Kier molecular flexibility index (Phi) is 3.74. The molecule has 2 aliphatic rings. The minimum absolute atomic E-state index is 0.578. The van der Waals surface area contributed by atoms with Crippen LogP contribution in [0.25, 0.3) is 0 Å². The highest BCUT2D eigenvalue weighted by Crippen LogP contribution is 2.49. The van der Waals surface area contributed by atoms with E-state index in [-0.39, 0.29) is 0 Å². The van der Waals surface area contributed by atoms with Gasteiger partial charge < -0.3 is 9.64 Å². The first-order chi connectivity index (χ1) is 6.28. The summed E-state index contributed by atoms with van der Waals surface area (Å²) < 4.78 is 5.27. The van der Waals surface area contributed by atoms with Gasteiger partial charge in [0.15, 0.2) is 0 Å². The lowest BCUT2D eigenvalue weighted by atomic mass is 9.62. The van der Waals surface area contributed by atoms with E-state index in [1.165, 1.54) is 32.5 Å². The predicted octanol–water partition coefficient (Wildman–Crippen LogP) is 2.14. The van der Waals surface area contributed by atoms with Crippen molar-refractivity contribution >= 4 is 0 Å². The van der Waals surface area contributed by atoms with Gasteiger partial charge in [0.2, 0.25) is 0 Å². The molecule has 78 valence electrons. The van der Waals surface area contributed by atoms with Gasteiger partial charge in [-0.3, -0.25) is 0 Å². The smallest absolute Gasteiger partial charge is 0.0583 e. The van der Waals surface area contributed by atoms with Crippen LogP contribution in [0.4, 0.5) is 0 Å². The van der Waals surface area contributed by atoms with Crippen LogP contribution in [0, 0.1) is 5.41 Å². The topological polar surface area (TPSA) is 12.5 Å². The third-order valence-electron chi connectivity index (χ3n) is 3.22. The molecule has 1 aliphatic carbocycles. The van der Waals surface area contributed by atoms with E-state index in [1.807, 2.05) is 21.0 Å². The van der Waals surface area contributed by atoms with Crippen molar-refractivity contribution in [1.29, 1.82) is 0 Å². The molecule has 1 spiro atoms. The summed E-state index contributed by atoms with van der Waals surface area (Å²) in [4.78, 5) is 2.51. The molecule has 0 amide bonds. The first kappa shape index (κ1) is 11.0. The first-order valence-corrected chi connectivity index (χ1v) is 5.53. The number of nitrogens with zero attached hydrogens (tertiary/aromatic N) is 1. The maximum absolute atomic E-state index is 5.27. The molecule has 2 heteroatoms. The molecule has 1 saturated carbocycles. The summed E-state index contributed by atoms with van der Waals surface area (Å²) in [5.74, 6) is 0. The number of hydrogen-bond donors (Lipinski definition) is 0. The summed E-state index contributed by atoms with van der Waals surface area (Å²) in [7, 11) is 1.83. The van der Waals surface area contributed by atoms with Crippen molar-refractivity contribution in [3.8, 4) is 0 Å². The molecular weight excluding hydrogens is 162 g/mol. The number of ether oxygens (including phenoxy) is 1. The molecule has 0 unspecified atom stereocenters. The Morgan fingerprint density at radius 3 is 2.23 bits per heavy atom. The third kappa shape index (κ3) is 2.05. The maximum Gasteiger partial charge on any atom is 0.0583 e. The second-order valence-corrected chi connectivity index (χ2v) is 4.07. The molecule has 0 aromatic carbocycles. The molecular formula is C11H23NO. The quantitative estimate of drug-likeness (QED) is 0.653. The van der Waals surface area contributed by atoms with Crippen LogP contribution < -0.4 is 0 Å². The van der Waals surface area contributed by atoms with Gasteiger partial charge >= 0.3 is 0 Å². The first-order valence-electron chi connectivity index (χ1n) is 5.53. The number of rotatable bonds is 2. The van der Waals surface area contributed by atoms with Crippen molar-refractivity contribution in [2.75, 3.05) is 26.7 Å². The number of methoxy groups -OCH3 is 1. The lowest BCUT2D eigenvalue weighted by molar-refractivity contribution is -0.138. The van der Waals surface area contributed by atoms with Crippen LogP contribution in [0.2, 0.25) is 0 Å². The standard InChI is InChI=1S/C9H17NO.C2H6/c1-3-10-6-9(7-10)4-8(5-9)11-2;1-2/h8H,3-7H2,1-2H3;1-2H3. The molecule has 1 saturated heterocycles. The van der Waals surface area contributed by atoms with Gasteiger partial charge in [-0.15, -0.1) is 0 Å². The van der Waals surface area contributed by atoms with Gasteiger partial charge in [-0.2, -0.15) is 0 Å². The Morgan fingerprint density at radius 1 is 1.31 bits per heavy atom. The average Bonchev–Trinajstić information content (AvgIpc) is 2.04. The van der Waals surface area contributed by atoms with Crippen molar-refractivity contribution in [3.05, 3.63) is 0 Å². The summed E-state index contributed by atoms with van der Waals surface area (Å²) in [5.41, 5.74) is 0.691. The zero-order chi connectivity index (χ0) is 9.90. The van der Waals surface area contributed by atoms with Crippen LogP contribution in [0.5, 0.6) is 0 Å². The Hall–Kier alpha value is -0.0800. The molecule has 0 N–H and O–H groups in total. The highest BCUT2D eigenvalue weighted by atomic mass is 16.5. The van der Waals surface area contributed by atoms with Gasteiger partial charge in [0, 0.05) is 25.6 Å². The normalized spacial score (nSPS) is 25.8. The fourth-order valence-electron chi connectivity index (χ4n) is 2.46. The van der Waals surface area contributed by atoms with Gasteiger partial charge in [-0.1, -0.05) is 20.8 Å². The van der Waals surface area contributed by atoms with Crippen LogP contribution in [0.3, 0.4) is 0 Å². The van der Waals surface area contributed by atoms with Crippen LogP contribution >= 0.6 is 0 Å². The van der Waals surface area contributed by atoms with E-state index >= 15 is 0 Å². The van der Waals surface area contributed by atoms with Crippen LogP contribution in [0.15, 0.2) is 0 Å². The molecule has 1 heterocycles. The summed E-state index contributed by atoms with van der Waals surface area (Å²) in [6, 6.07) is 0. The second-order valence-electron chi connectivity index (χ2n) is 4.07. The van der Waals surface area contributed by atoms with Crippen molar-refractivity contribution < 1.29 is 4.74 Å². The maximum atomic E-state index is 5.27. The van der Waals surface area contributed by atoms with E-state index in [1.54, 1.807) is 0 Å². The zero-order valence-corrected chi connectivity index (χ0v) is 9.47. The predicted molar refractivity (Wildman–Crippen MR) is 55.9 cm³/mol. The molecule has 0 aromatic rings. The van der Waals surface area contributed by atoms with Crippen molar-refractivity contribution in [2.45, 2.75) is 39.7 Å². The molecule has 2 fully saturated rings. The van der Waals surface area contributed by atoms with Crippen molar-refractivity contribution in [1.82, 2.24) is 4.90 Å². The molecule has 13 heavy (non-hydrogen) atoms. The molecule has 0 radical (unpaired) electrons. The molecule has 1 aliphatic heterocycles. The van der Waals surface area contributed by atoms with Crippen LogP contribution in [-0.4, -0.2) is 37.7 Å². The molecule has 0 aromatic heterocycles. The largest absolute Gasteiger partial charge is 0.381 e. The van der Waals surface area contributed by atoms with Gasteiger partial charge in [0.05, 0.1) is 6.10 Å². The summed E-state index contributed by atoms with van der Waals surface area (Å²) in [6.07, 6.45) is 3.19. The fraction of sp³-hybridized carbons (Fsp3) is 1.00. The molecule has 2 rings (SSSR count). The highest BCUT2D eigenvalue weighted by Gasteiger charge is 2.51. The third-order valence-corrected chi connectivity index (χ3v) is 3.22. The van der Waals surface area contributed by atoms with E-state index in [4.69, 9.17) is 4.74 Å². The SMILES string of the molecule is CC.CCN1CC2(CC(OC)C2)C1. The van der Waals surface area contributed by atoms with E-state index in [0.717, 1.165) is 0 Å². The summed E-state index contributed by atoms with van der Waals surface area (Å²) >= 11 is 0. The number of hydrogen-bond acceptors (Lipinski definition) is 2. The van der Waals surface area contributed by atoms with E-state index in [2.05, 4.69) is 11.8 Å². The van der Waals surface area contributed by atoms with Gasteiger partial charge in [-0.25, -0.2) is 0 Å². The Balaban J connectivity index is 0.000000396. The van der Waals surface area contributed by atoms with Gasteiger partial charge in [-0.05, 0) is 19.4 Å². The Labute approximate surface area is 82.3 Å². The van der Waals surface area contributed by atoms with E-state index < -0.39 is 0 Å². The van der Waals surface area contributed by atoms with Gasteiger partial charge in [0.1, 0.15) is 0 Å². The van der Waals surface area contributed by atoms with E-state index in [9.17, 15) is 0 Å². The average molecular weight is 185 g/mol. The fourth-order valence-corrected chi connectivity index (χ4v) is 2.46. The van der Waals surface area contributed by atoms with Gasteiger partial charge in [0.25, 0.3) is 0 Å². The summed E-state index contributed by atoms with van der Waals surface area (Å²) in [6.45, 7) is 10.1. The summed E-state index contributed by atoms with van der Waals surface area (Å²) in [5, 5.41) is 0. The molecule has 2 nitrogen and oxygen atoms in total. The Morgan fingerprint density at radius 2 is 1.85 bits per heavy atom. The number of likely N-dealkylation sites (tertiary alicyclic amines) is 1. The second kappa shape index (κ2) is 4.43. The molecule has 0 atom stereocenters. The van der Waals surface area contributed by atoms with Crippen molar-refractivity contribution in [2.24, 2.45) is 5.41 Å². The van der Waals surface area contributed by atoms with Crippen LogP contribution in [0.1, 0.15) is 33.6 Å². The Bertz CT molecular complexity index is 125. The monoisotopic (exact) mass is 185 g/mol. The molecule has 0 bridgehead atoms. The van der Waals surface area contributed by atoms with Crippen molar-refractivity contribution in [3.63, 3.8) is 0 Å². The zero-order valence-electron chi connectivity index (χ0n) is 9.47.